The number of ether oxygens (including phenoxy) is 7. The van der Waals surface area contributed by atoms with Gasteiger partial charge in [0.2, 0.25) is 0 Å². The number of carbonyl (C=O) groups excluding carboxylic acids is 5. The Morgan fingerprint density at radius 3 is 2.14 bits per heavy atom. The third-order valence-electron chi connectivity index (χ3n) is 12.4. The summed E-state index contributed by atoms with van der Waals surface area (Å²) in [7, 11) is 0. The highest BCUT2D eigenvalue weighted by atomic mass is 16.7. The second-order valence-corrected chi connectivity index (χ2v) is 16.8. The number of rotatable bonds is 7. The molecule has 3 fully saturated rings. The van der Waals surface area contributed by atoms with Gasteiger partial charge < -0.3 is 53.6 Å². The van der Waals surface area contributed by atoms with Gasteiger partial charge >= 0.3 is 0 Å². The molecule has 1 unspecified atom stereocenters. The molecule has 1 aromatic carbocycles. The maximum Gasteiger partial charge on any atom is 0.198 e. The van der Waals surface area contributed by atoms with Gasteiger partial charge in [0.15, 0.2) is 53.4 Å². The minimum Gasteiger partial charge on any atom is -0.507 e. The number of aliphatic hydroxyl groups excluding tert-OH is 1. The fraction of sp³-hybridized carbons (Fsp3) is 0.558. The van der Waals surface area contributed by atoms with Gasteiger partial charge in [-0.2, -0.15) is 0 Å². The number of phenolic OH excluding ortho intramolecular Hbond substituents is 1. The number of benzene rings is 1. The van der Waals surface area contributed by atoms with Gasteiger partial charge in [-0.25, -0.2) is 0 Å². The molecule has 14 atom stereocenters. The van der Waals surface area contributed by atoms with Crippen molar-refractivity contribution >= 4 is 28.9 Å². The van der Waals surface area contributed by atoms with Crippen LogP contribution in [0.2, 0.25) is 0 Å². The quantitative estimate of drug-likeness (QED) is 0.310. The fourth-order valence-corrected chi connectivity index (χ4v) is 9.31. The number of aliphatic hydroxyl groups is 3. The molecule has 4 N–H and O–H groups in total. The molecule has 2 saturated heterocycles. The standard InChI is InChI=1S/C43H48O16/c1-19-26(44)8-11-32(54-19)57-29-10-13-33(56-21(29)3)58-40-22(4)53-30(16-28(40)46)23-6-7-24-35(37(23)48)38(49)25-14-15-42(51)18-41(5,59-34-12-9-27(45)20(2)55-34)17-31(47)43(42,52)36(25)39(24)50/h6-9,11-12,14-15,19-22,28-30,32-34,40,46,48,51-52H,10,13,16-18H2,1-5H3/t19-,20-,21-,22+,28+,29-,30+,32-,33?,34-,40+,41+,42-,43-/m0/s1. The van der Waals surface area contributed by atoms with Crippen LogP contribution in [0, 0.1) is 0 Å². The van der Waals surface area contributed by atoms with Crippen molar-refractivity contribution in [3.8, 4) is 5.75 Å². The predicted octanol–water partition coefficient (Wildman–Crippen LogP) is 2.48. The molecule has 316 valence electrons. The predicted molar refractivity (Wildman–Crippen MR) is 201 cm³/mol. The number of aromatic hydroxyl groups is 1. The van der Waals surface area contributed by atoms with Crippen molar-refractivity contribution in [2.45, 2.75) is 151 Å². The number of fused-ring (bicyclic) bond motifs is 3. The van der Waals surface area contributed by atoms with Gasteiger partial charge in [-0.1, -0.05) is 12.1 Å². The summed E-state index contributed by atoms with van der Waals surface area (Å²) in [6.07, 6.45) is -0.0765. The van der Waals surface area contributed by atoms with Crippen molar-refractivity contribution in [2.24, 2.45) is 0 Å². The summed E-state index contributed by atoms with van der Waals surface area (Å²) in [5.74, 6) is -3.73. The summed E-state index contributed by atoms with van der Waals surface area (Å²) in [5, 5.41) is 47.0. The molecule has 16 heteroatoms. The number of carbonyl (C=O) groups is 5. The summed E-state index contributed by atoms with van der Waals surface area (Å²) >= 11 is 0. The number of phenols is 1. The van der Waals surface area contributed by atoms with Crippen LogP contribution >= 0.6 is 0 Å². The molecule has 1 saturated carbocycles. The van der Waals surface area contributed by atoms with Crippen molar-refractivity contribution in [1.29, 1.82) is 0 Å². The number of hydrogen-bond acceptors (Lipinski definition) is 16. The van der Waals surface area contributed by atoms with Crippen LogP contribution in [0.4, 0.5) is 0 Å². The summed E-state index contributed by atoms with van der Waals surface area (Å²) in [6.45, 7) is 8.26. The Bertz CT molecular complexity index is 2090. The first-order valence-corrected chi connectivity index (χ1v) is 19.9. The topological polar surface area (TPSA) is 231 Å². The monoisotopic (exact) mass is 820 g/mol. The molecule has 0 amide bonds. The minimum absolute atomic E-state index is 0.0490. The summed E-state index contributed by atoms with van der Waals surface area (Å²) in [6, 6.07) is 2.67. The zero-order valence-electron chi connectivity index (χ0n) is 33.2. The molecular weight excluding hydrogens is 772 g/mol. The lowest BCUT2D eigenvalue weighted by atomic mass is 9.57. The van der Waals surface area contributed by atoms with E-state index in [1.807, 2.05) is 6.92 Å². The first-order valence-electron chi connectivity index (χ1n) is 19.9. The highest BCUT2D eigenvalue weighted by Crippen LogP contribution is 2.53. The number of ketones is 5. The van der Waals surface area contributed by atoms with E-state index in [1.165, 1.54) is 37.3 Å². The molecular formula is C43H48O16. The third kappa shape index (κ3) is 7.12. The van der Waals surface area contributed by atoms with Crippen molar-refractivity contribution < 1.29 is 77.6 Å². The molecule has 7 aliphatic rings. The Balaban J connectivity index is 0.953. The summed E-state index contributed by atoms with van der Waals surface area (Å²) in [5.41, 5.74) is -8.13. The smallest absolute Gasteiger partial charge is 0.198 e. The molecule has 0 bridgehead atoms. The van der Waals surface area contributed by atoms with E-state index in [1.54, 1.807) is 26.8 Å². The number of hydrogen-bond donors (Lipinski definition) is 4. The van der Waals surface area contributed by atoms with Gasteiger partial charge in [0.05, 0.1) is 47.3 Å². The van der Waals surface area contributed by atoms with E-state index in [0.29, 0.717) is 12.8 Å². The van der Waals surface area contributed by atoms with Crippen molar-refractivity contribution in [2.75, 3.05) is 0 Å². The van der Waals surface area contributed by atoms with E-state index >= 15 is 0 Å². The van der Waals surface area contributed by atoms with Crippen LogP contribution in [0.25, 0.3) is 0 Å². The summed E-state index contributed by atoms with van der Waals surface area (Å²) < 4.78 is 41.8. The first kappa shape index (κ1) is 41.7. The molecule has 1 aromatic rings. The van der Waals surface area contributed by atoms with E-state index in [0.717, 1.165) is 12.2 Å². The SMILES string of the molecule is C[C@@H]1O[C@@H](O[C@H]2CCC(O[C@H]3[C@H](O)C[C@H](c4ccc5c(c4O)C(=O)C4=C(C5=O)[C@@]5(O)C(=O)C[C@@](C)(O[C@H]6C=CC(=O)[C@H](C)O6)C[C@@]5(O)C=C4)O[C@@H]3C)O[C@H]2C)C=CC1=O. The maximum atomic E-state index is 14.2. The molecule has 16 nitrogen and oxygen atoms in total. The van der Waals surface area contributed by atoms with Crippen LogP contribution in [0.1, 0.15) is 99.1 Å². The van der Waals surface area contributed by atoms with Gasteiger partial charge in [0.25, 0.3) is 0 Å². The molecule has 0 aromatic heterocycles. The Morgan fingerprint density at radius 1 is 0.797 bits per heavy atom. The molecule has 3 aliphatic carbocycles. The van der Waals surface area contributed by atoms with E-state index < -0.39 is 113 Å². The van der Waals surface area contributed by atoms with E-state index in [4.69, 9.17) is 33.2 Å². The van der Waals surface area contributed by atoms with Crippen LogP contribution in [0.15, 0.2) is 59.7 Å². The van der Waals surface area contributed by atoms with Crippen LogP contribution in [0.5, 0.6) is 5.75 Å². The molecule has 0 radical (unpaired) electrons. The molecule has 8 rings (SSSR count). The van der Waals surface area contributed by atoms with Crippen molar-refractivity contribution in [1.82, 2.24) is 0 Å². The van der Waals surface area contributed by atoms with Crippen LogP contribution in [-0.4, -0.2) is 128 Å². The lowest BCUT2D eigenvalue weighted by molar-refractivity contribution is -0.292. The van der Waals surface area contributed by atoms with Gasteiger partial charge in [0, 0.05) is 42.4 Å². The largest absolute Gasteiger partial charge is 0.507 e. The Labute approximate surface area is 339 Å². The Morgan fingerprint density at radius 2 is 1.47 bits per heavy atom. The average molecular weight is 821 g/mol. The normalized spacial score (nSPS) is 42.2. The van der Waals surface area contributed by atoms with E-state index in [-0.39, 0.29) is 52.8 Å². The van der Waals surface area contributed by atoms with E-state index in [2.05, 4.69) is 0 Å². The zero-order chi connectivity index (χ0) is 42.3. The fourth-order valence-electron chi connectivity index (χ4n) is 9.31. The van der Waals surface area contributed by atoms with Crippen LogP contribution < -0.4 is 0 Å². The van der Waals surface area contributed by atoms with E-state index in [9.17, 15) is 44.4 Å². The second-order valence-electron chi connectivity index (χ2n) is 16.8. The molecule has 59 heavy (non-hydrogen) atoms. The zero-order valence-corrected chi connectivity index (χ0v) is 33.2. The lowest BCUT2D eigenvalue weighted by Crippen LogP contribution is -2.69. The maximum absolute atomic E-state index is 14.2. The summed E-state index contributed by atoms with van der Waals surface area (Å²) in [4.78, 5) is 66.0. The van der Waals surface area contributed by atoms with Gasteiger partial charge in [-0.05, 0) is 77.5 Å². The first-order chi connectivity index (χ1) is 27.8. The van der Waals surface area contributed by atoms with Crippen molar-refractivity contribution in [3.05, 3.63) is 76.4 Å². The minimum atomic E-state index is -2.83. The third-order valence-corrected chi connectivity index (χ3v) is 12.4. The van der Waals surface area contributed by atoms with Gasteiger partial charge in [0.1, 0.15) is 29.7 Å². The van der Waals surface area contributed by atoms with Gasteiger partial charge in [-0.3, -0.25) is 24.0 Å². The van der Waals surface area contributed by atoms with Crippen LogP contribution in [0.3, 0.4) is 0 Å². The van der Waals surface area contributed by atoms with Crippen molar-refractivity contribution in [3.63, 3.8) is 0 Å². The molecule has 4 aliphatic heterocycles. The number of allylic oxidation sites excluding steroid dienone is 2. The Hall–Kier alpha value is -4.07. The molecule has 4 heterocycles. The van der Waals surface area contributed by atoms with Gasteiger partial charge in [-0.15, -0.1) is 0 Å². The average Bonchev–Trinajstić information content (AvgIpc) is 3.16. The second kappa shape index (κ2) is 15.1. The van der Waals surface area contributed by atoms with Crippen LogP contribution in [-0.2, 0) is 47.5 Å². The Kier molecular flexibility index (Phi) is 10.7. The lowest BCUT2D eigenvalue weighted by Gasteiger charge is -2.53. The molecule has 0 spiro atoms. The highest BCUT2D eigenvalue weighted by molar-refractivity contribution is 6.32. The number of Topliss-reactive ketones (excluding diaryl/α,β-unsaturated/α-hetero) is 3. The highest BCUT2D eigenvalue weighted by Gasteiger charge is 2.67.